The van der Waals surface area contributed by atoms with Crippen LogP contribution in [0.1, 0.15) is 17.0 Å². The Bertz CT molecular complexity index is 1010. The number of nitrogens with one attached hydrogen (secondary N) is 1. The number of nitrogens with zero attached hydrogens (tertiary/aromatic N) is 4. The van der Waals surface area contributed by atoms with Crippen LogP contribution in [-0.2, 0) is 15.8 Å². The Morgan fingerprint density at radius 3 is 2.52 bits per heavy atom. The van der Waals surface area contributed by atoms with Crippen molar-refractivity contribution in [1.29, 1.82) is 0 Å². The van der Waals surface area contributed by atoms with Crippen molar-refractivity contribution < 1.29 is 8.42 Å². The second kappa shape index (κ2) is 6.91. The van der Waals surface area contributed by atoms with Gasteiger partial charge in [-0.1, -0.05) is 23.2 Å². The van der Waals surface area contributed by atoms with E-state index in [9.17, 15) is 8.42 Å². The highest BCUT2D eigenvalue weighted by molar-refractivity contribution is 7.91. The third kappa shape index (κ3) is 4.30. The highest BCUT2D eigenvalue weighted by Crippen LogP contribution is 2.32. The molecule has 3 heterocycles. The number of aryl methyl sites for hydroxylation is 2. The zero-order valence-corrected chi connectivity index (χ0v) is 16.3. The molecule has 132 valence electrons. The Balaban J connectivity index is 1.89. The van der Waals surface area contributed by atoms with Gasteiger partial charge in [-0.15, -0.1) is 16.4 Å². The molecule has 0 atom stereocenters. The molecule has 0 fully saturated rings. The van der Waals surface area contributed by atoms with Gasteiger partial charge in [-0.2, -0.15) is 14.9 Å². The molecule has 0 unspecified atom stereocenters. The average molecular weight is 418 g/mol. The summed E-state index contributed by atoms with van der Waals surface area (Å²) >= 11 is 13.0. The van der Waals surface area contributed by atoms with Crippen molar-refractivity contribution in [3.63, 3.8) is 0 Å². The molecule has 25 heavy (non-hydrogen) atoms. The topological polar surface area (TPSA) is 89.8 Å². The number of sulfonamides is 1. The SMILES string of the molecule is Cc1ccc(-n2nc(C)cc2NS(=O)(=O)Cc2cc(Cl)sc2Cl)nn1. The van der Waals surface area contributed by atoms with E-state index in [0.29, 0.717) is 25.7 Å². The maximum Gasteiger partial charge on any atom is 0.238 e. The van der Waals surface area contributed by atoms with Crippen molar-refractivity contribution in [3.8, 4) is 5.82 Å². The Labute approximate surface area is 158 Å². The molecule has 0 amide bonds. The predicted octanol–water partition coefficient (Wildman–Crippen LogP) is 3.59. The molecule has 0 saturated heterocycles. The number of halogens is 2. The number of thiophene rings is 1. The van der Waals surface area contributed by atoms with Crippen LogP contribution in [0.15, 0.2) is 24.3 Å². The van der Waals surface area contributed by atoms with E-state index in [1.54, 1.807) is 31.2 Å². The van der Waals surface area contributed by atoms with Gasteiger partial charge < -0.3 is 0 Å². The van der Waals surface area contributed by atoms with Crippen LogP contribution in [-0.4, -0.2) is 28.4 Å². The number of rotatable bonds is 5. The van der Waals surface area contributed by atoms with Gasteiger partial charge >= 0.3 is 0 Å². The number of aromatic nitrogens is 4. The van der Waals surface area contributed by atoms with Crippen LogP contribution < -0.4 is 4.72 Å². The molecule has 3 aromatic rings. The molecule has 0 aromatic carbocycles. The van der Waals surface area contributed by atoms with Crippen LogP contribution in [0.2, 0.25) is 8.67 Å². The van der Waals surface area contributed by atoms with Gasteiger partial charge in [0.05, 0.1) is 25.8 Å². The summed E-state index contributed by atoms with van der Waals surface area (Å²) in [6.07, 6.45) is 0. The van der Waals surface area contributed by atoms with E-state index in [1.165, 1.54) is 4.68 Å². The van der Waals surface area contributed by atoms with Gasteiger partial charge in [0.2, 0.25) is 10.0 Å². The van der Waals surface area contributed by atoms with E-state index in [1.807, 2.05) is 6.92 Å². The van der Waals surface area contributed by atoms with E-state index in [-0.39, 0.29) is 11.6 Å². The van der Waals surface area contributed by atoms with Crippen molar-refractivity contribution >= 4 is 50.4 Å². The molecule has 0 saturated carbocycles. The molecule has 0 bridgehead atoms. The summed E-state index contributed by atoms with van der Waals surface area (Å²) in [5.41, 5.74) is 1.83. The minimum atomic E-state index is -3.72. The molecule has 0 aliphatic carbocycles. The van der Waals surface area contributed by atoms with Gasteiger partial charge in [-0.3, -0.25) is 4.72 Å². The fourth-order valence-electron chi connectivity index (χ4n) is 2.12. The Morgan fingerprint density at radius 2 is 1.92 bits per heavy atom. The standard InChI is InChI=1S/C14H13Cl2N5O2S2/c1-8-3-4-12(18-17-8)21-13(5-9(2)19-21)20-25(22,23)7-10-6-11(15)24-14(10)16/h3-6,20H,7H2,1-2H3. The van der Waals surface area contributed by atoms with Gasteiger partial charge in [-0.05, 0) is 32.0 Å². The zero-order valence-electron chi connectivity index (χ0n) is 13.2. The van der Waals surface area contributed by atoms with E-state index in [0.717, 1.165) is 17.0 Å². The zero-order chi connectivity index (χ0) is 18.2. The van der Waals surface area contributed by atoms with Crippen LogP contribution in [0.5, 0.6) is 0 Å². The number of anilines is 1. The lowest BCUT2D eigenvalue weighted by atomic mass is 10.4. The van der Waals surface area contributed by atoms with E-state index < -0.39 is 10.0 Å². The largest absolute Gasteiger partial charge is 0.267 e. The first kappa shape index (κ1) is 18.1. The maximum absolute atomic E-state index is 12.5. The average Bonchev–Trinajstić information content (AvgIpc) is 3.01. The number of hydrogen-bond acceptors (Lipinski definition) is 6. The normalized spacial score (nSPS) is 11.7. The van der Waals surface area contributed by atoms with E-state index in [4.69, 9.17) is 23.2 Å². The lowest BCUT2D eigenvalue weighted by Gasteiger charge is -2.09. The third-order valence-corrected chi connectivity index (χ3v) is 5.95. The summed E-state index contributed by atoms with van der Waals surface area (Å²) in [5.74, 6) is 0.389. The van der Waals surface area contributed by atoms with Gasteiger partial charge in [0.15, 0.2) is 5.82 Å². The molecule has 0 radical (unpaired) electrons. The smallest absolute Gasteiger partial charge is 0.238 e. The Morgan fingerprint density at radius 1 is 1.16 bits per heavy atom. The highest BCUT2D eigenvalue weighted by atomic mass is 35.5. The lowest BCUT2D eigenvalue weighted by Crippen LogP contribution is -2.18. The molecule has 11 heteroatoms. The van der Waals surface area contributed by atoms with E-state index >= 15 is 0 Å². The van der Waals surface area contributed by atoms with Crippen molar-refractivity contribution in [3.05, 3.63) is 49.9 Å². The molecule has 0 aliphatic heterocycles. The van der Waals surface area contributed by atoms with Crippen molar-refractivity contribution in [1.82, 2.24) is 20.0 Å². The molecule has 7 nitrogen and oxygen atoms in total. The maximum atomic E-state index is 12.5. The second-order valence-electron chi connectivity index (χ2n) is 5.33. The van der Waals surface area contributed by atoms with Gasteiger partial charge in [0.1, 0.15) is 5.82 Å². The Kier molecular flexibility index (Phi) is 5.01. The van der Waals surface area contributed by atoms with Crippen LogP contribution in [0.25, 0.3) is 5.82 Å². The molecular weight excluding hydrogens is 405 g/mol. The molecule has 3 aromatic heterocycles. The molecule has 3 rings (SSSR count). The summed E-state index contributed by atoms with van der Waals surface area (Å²) in [6, 6.07) is 6.63. The first-order valence-electron chi connectivity index (χ1n) is 7.05. The third-order valence-electron chi connectivity index (χ3n) is 3.17. The van der Waals surface area contributed by atoms with E-state index in [2.05, 4.69) is 20.0 Å². The first-order valence-corrected chi connectivity index (χ1v) is 10.3. The van der Waals surface area contributed by atoms with Gasteiger partial charge in [0, 0.05) is 11.6 Å². The monoisotopic (exact) mass is 417 g/mol. The summed E-state index contributed by atoms with van der Waals surface area (Å²) in [7, 11) is -3.72. The van der Waals surface area contributed by atoms with Crippen LogP contribution in [0.4, 0.5) is 5.82 Å². The molecule has 0 spiro atoms. The second-order valence-corrected chi connectivity index (χ2v) is 9.33. The number of hydrogen-bond donors (Lipinski definition) is 1. The van der Waals surface area contributed by atoms with Crippen molar-refractivity contribution in [2.45, 2.75) is 19.6 Å². The van der Waals surface area contributed by atoms with Crippen molar-refractivity contribution in [2.24, 2.45) is 0 Å². The quantitative estimate of drug-likeness (QED) is 0.684. The fourth-order valence-corrected chi connectivity index (χ4v) is 4.96. The first-order chi connectivity index (χ1) is 11.7. The summed E-state index contributed by atoms with van der Waals surface area (Å²) < 4.78 is 29.7. The summed E-state index contributed by atoms with van der Waals surface area (Å²) in [6.45, 7) is 3.57. The van der Waals surface area contributed by atoms with Gasteiger partial charge in [-0.25, -0.2) is 8.42 Å². The van der Waals surface area contributed by atoms with Crippen LogP contribution in [0, 0.1) is 13.8 Å². The minimum absolute atomic E-state index is 0.271. The lowest BCUT2D eigenvalue weighted by molar-refractivity contribution is 0.600. The fraction of sp³-hybridized carbons (Fsp3) is 0.214. The summed E-state index contributed by atoms with van der Waals surface area (Å²) in [5, 5.41) is 12.3. The molecular formula is C14H13Cl2N5O2S2. The molecule has 0 aliphatic rings. The van der Waals surface area contributed by atoms with Gasteiger partial charge in [0.25, 0.3) is 0 Å². The van der Waals surface area contributed by atoms with Crippen LogP contribution >= 0.6 is 34.5 Å². The predicted molar refractivity (Wildman–Crippen MR) is 99.2 cm³/mol. The summed E-state index contributed by atoms with van der Waals surface area (Å²) in [4.78, 5) is 0. The van der Waals surface area contributed by atoms with Crippen molar-refractivity contribution in [2.75, 3.05) is 4.72 Å². The Hall–Kier alpha value is -1.68. The highest BCUT2D eigenvalue weighted by Gasteiger charge is 2.19. The minimum Gasteiger partial charge on any atom is -0.267 e. The molecule has 1 N–H and O–H groups in total. The van der Waals surface area contributed by atoms with Crippen LogP contribution in [0.3, 0.4) is 0 Å².